The second-order valence-corrected chi connectivity index (χ2v) is 4.86. The molecule has 4 heteroatoms. The highest BCUT2D eigenvalue weighted by Crippen LogP contribution is 2.13. The summed E-state index contributed by atoms with van der Waals surface area (Å²) in [4.78, 5) is 8.90. The zero-order valence-corrected chi connectivity index (χ0v) is 12.0. The smallest absolute Gasteiger partial charge is 0.132 e. The lowest BCUT2D eigenvalue weighted by Crippen LogP contribution is -2.22. The van der Waals surface area contributed by atoms with Gasteiger partial charge in [0.15, 0.2) is 0 Å². The molecule has 0 aliphatic rings. The van der Waals surface area contributed by atoms with Crippen LogP contribution in [0.25, 0.3) is 0 Å². The molecule has 0 aliphatic carbocycles. The van der Waals surface area contributed by atoms with Gasteiger partial charge in [-0.1, -0.05) is 19.1 Å². The van der Waals surface area contributed by atoms with Crippen LogP contribution in [0.15, 0.2) is 36.5 Å². The van der Waals surface area contributed by atoms with E-state index in [1.165, 1.54) is 5.56 Å². The average Bonchev–Trinajstić information content (AvgIpc) is 2.48. The Morgan fingerprint density at radius 1 is 1.20 bits per heavy atom. The van der Waals surface area contributed by atoms with E-state index in [1.807, 2.05) is 36.5 Å². The van der Waals surface area contributed by atoms with Crippen LogP contribution in [0, 0.1) is 0 Å². The normalized spacial score (nSPS) is 12.2. The first-order valence-electron chi connectivity index (χ1n) is 6.90. The number of methoxy groups -OCH3 is 1. The maximum absolute atomic E-state index is 5.97. The molecule has 1 aromatic carbocycles. The zero-order valence-electron chi connectivity index (χ0n) is 12.0. The van der Waals surface area contributed by atoms with Crippen molar-refractivity contribution in [3.8, 4) is 5.75 Å². The molecule has 20 heavy (non-hydrogen) atoms. The Bertz CT molecular complexity index is 540. The third-order valence-electron chi connectivity index (χ3n) is 3.28. The summed E-state index contributed by atoms with van der Waals surface area (Å²) in [6.45, 7) is 2.09. The summed E-state index contributed by atoms with van der Waals surface area (Å²) in [6.07, 6.45) is 4.29. The minimum Gasteiger partial charge on any atom is -0.497 e. The SMILES string of the molecule is CCC(N)Cc1ccnc(Cc2ccc(OC)cc2)n1. The molecule has 0 amide bonds. The largest absolute Gasteiger partial charge is 0.497 e. The van der Waals surface area contributed by atoms with Gasteiger partial charge >= 0.3 is 0 Å². The molecular weight excluding hydrogens is 250 g/mol. The molecule has 0 bridgehead atoms. The number of nitrogens with zero attached hydrogens (tertiary/aromatic N) is 2. The number of nitrogens with two attached hydrogens (primary N) is 1. The summed E-state index contributed by atoms with van der Waals surface area (Å²) in [5, 5.41) is 0. The van der Waals surface area contributed by atoms with E-state index in [4.69, 9.17) is 10.5 Å². The van der Waals surface area contributed by atoms with E-state index < -0.39 is 0 Å². The maximum atomic E-state index is 5.97. The van der Waals surface area contributed by atoms with Gasteiger partial charge in [-0.2, -0.15) is 0 Å². The second kappa shape index (κ2) is 7.01. The fourth-order valence-corrected chi connectivity index (χ4v) is 1.98. The number of rotatable bonds is 6. The molecular formula is C16H21N3O. The van der Waals surface area contributed by atoms with Crippen LogP contribution in [0.1, 0.15) is 30.4 Å². The summed E-state index contributed by atoms with van der Waals surface area (Å²) >= 11 is 0. The molecule has 106 valence electrons. The Morgan fingerprint density at radius 3 is 2.60 bits per heavy atom. The van der Waals surface area contributed by atoms with Gasteiger partial charge in [0.05, 0.1) is 7.11 Å². The predicted octanol–water partition coefficient (Wildman–Crippen LogP) is 2.36. The standard InChI is InChI=1S/C16H21N3O/c1-3-13(17)11-14-8-9-18-16(19-14)10-12-4-6-15(20-2)7-5-12/h4-9,13H,3,10-11,17H2,1-2H3. The van der Waals surface area contributed by atoms with Crippen molar-refractivity contribution >= 4 is 0 Å². The maximum Gasteiger partial charge on any atom is 0.132 e. The van der Waals surface area contributed by atoms with Crippen molar-refractivity contribution in [3.05, 3.63) is 53.6 Å². The third kappa shape index (κ3) is 4.03. The number of benzene rings is 1. The zero-order chi connectivity index (χ0) is 14.4. The van der Waals surface area contributed by atoms with Gasteiger partial charge in [-0.3, -0.25) is 0 Å². The molecule has 2 N–H and O–H groups in total. The van der Waals surface area contributed by atoms with Crippen LogP contribution in [0.2, 0.25) is 0 Å². The predicted molar refractivity (Wildman–Crippen MR) is 79.8 cm³/mol. The van der Waals surface area contributed by atoms with Crippen LogP contribution in [0.5, 0.6) is 5.75 Å². The molecule has 1 aromatic heterocycles. The van der Waals surface area contributed by atoms with Gasteiger partial charge in [0.1, 0.15) is 11.6 Å². The second-order valence-electron chi connectivity index (χ2n) is 4.86. The van der Waals surface area contributed by atoms with Crippen LogP contribution in [-0.2, 0) is 12.8 Å². The summed E-state index contributed by atoms with van der Waals surface area (Å²) in [7, 11) is 1.67. The molecule has 1 unspecified atom stereocenters. The average molecular weight is 271 g/mol. The van der Waals surface area contributed by atoms with Crippen molar-refractivity contribution in [1.29, 1.82) is 0 Å². The molecule has 0 radical (unpaired) electrons. The van der Waals surface area contributed by atoms with E-state index in [0.29, 0.717) is 0 Å². The topological polar surface area (TPSA) is 61.0 Å². The van der Waals surface area contributed by atoms with Gasteiger partial charge in [0.25, 0.3) is 0 Å². The fraction of sp³-hybridized carbons (Fsp3) is 0.375. The lowest BCUT2D eigenvalue weighted by molar-refractivity contribution is 0.414. The van der Waals surface area contributed by atoms with Crippen molar-refractivity contribution in [2.45, 2.75) is 32.2 Å². The Balaban J connectivity index is 2.06. The minimum absolute atomic E-state index is 0.165. The fourth-order valence-electron chi connectivity index (χ4n) is 1.98. The quantitative estimate of drug-likeness (QED) is 0.876. The number of aromatic nitrogens is 2. The van der Waals surface area contributed by atoms with E-state index in [-0.39, 0.29) is 6.04 Å². The summed E-state index contributed by atoms with van der Waals surface area (Å²) in [6, 6.07) is 10.1. The van der Waals surface area contributed by atoms with Crippen molar-refractivity contribution in [2.24, 2.45) is 5.73 Å². The van der Waals surface area contributed by atoms with E-state index in [0.717, 1.165) is 36.5 Å². The first-order valence-corrected chi connectivity index (χ1v) is 6.90. The van der Waals surface area contributed by atoms with Crippen LogP contribution < -0.4 is 10.5 Å². The molecule has 0 fully saturated rings. The highest BCUT2D eigenvalue weighted by molar-refractivity contribution is 5.28. The molecule has 2 aromatic rings. The number of ether oxygens (including phenoxy) is 1. The molecule has 2 rings (SSSR count). The molecule has 4 nitrogen and oxygen atoms in total. The van der Waals surface area contributed by atoms with E-state index in [9.17, 15) is 0 Å². The van der Waals surface area contributed by atoms with Gasteiger partial charge in [-0.15, -0.1) is 0 Å². The lowest BCUT2D eigenvalue weighted by Gasteiger charge is -2.09. The Morgan fingerprint density at radius 2 is 1.95 bits per heavy atom. The third-order valence-corrected chi connectivity index (χ3v) is 3.28. The molecule has 0 saturated heterocycles. The van der Waals surface area contributed by atoms with Crippen LogP contribution in [0.3, 0.4) is 0 Å². The summed E-state index contributed by atoms with van der Waals surface area (Å²) < 4.78 is 5.15. The lowest BCUT2D eigenvalue weighted by atomic mass is 10.1. The van der Waals surface area contributed by atoms with Gasteiger partial charge in [-0.25, -0.2) is 9.97 Å². The Hall–Kier alpha value is -1.94. The van der Waals surface area contributed by atoms with Gasteiger partial charge in [0, 0.05) is 30.8 Å². The molecule has 0 saturated carbocycles. The monoisotopic (exact) mass is 271 g/mol. The van der Waals surface area contributed by atoms with E-state index >= 15 is 0 Å². The first kappa shape index (κ1) is 14.5. The molecule has 1 atom stereocenters. The van der Waals surface area contributed by atoms with Gasteiger partial charge in [-0.05, 0) is 30.2 Å². The van der Waals surface area contributed by atoms with Crippen molar-refractivity contribution < 1.29 is 4.74 Å². The van der Waals surface area contributed by atoms with Crippen molar-refractivity contribution in [2.75, 3.05) is 7.11 Å². The van der Waals surface area contributed by atoms with Crippen molar-refractivity contribution in [1.82, 2.24) is 9.97 Å². The van der Waals surface area contributed by atoms with Crippen LogP contribution >= 0.6 is 0 Å². The van der Waals surface area contributed by atoms with E-state index in [2.05, 4.69) is 16.9 Å². The molecule has 1 heterocycles. The Labute approximate surface area is 120 Å². The highest BCUT2D eigenvalue weighted by atomic mass is 16.5. The molecule has 0 aliphatic heterocycles. The molecule has 0 spiro atoms. The van der Waals surface area contributed by atoms with Gasteiger partial charge in [0.2, 0.25) is 0 Å². The summed E-state index contributed by atoms with van der Waals surface area (Å²) in [5.41, 5.74) is 8.15. The number of hydrogen-bond donors (Lipinski definition) is 1. The van der Waals surface area contributed by atoms with Crippen LogP contribution in [0.4, 0.5) is 0 Å². The number of hydrogen-bond acceptors (Lipinski definition) is 4. The van der Waals surface area contributed by atoms with Crippen LogP contribution in [-0.4, -0.2) is 23.1 Å². The summed E-state index contributed by atoms with van der Waals surface area (Å²) in [5.74, 6) is 1.69. The van der Waals surface area contributed by atoms with Crippen molar-refractivity contribution in [3.63, 3.8) is 0 Å². The van der Waals surface area contributed by atoms with Gasteiger partial charge < -0.3 is 10.5 Å². The first-order chi connectivity index (χ1) is 9.71. The van der Waals surface area contributed by atoms with E-state index in [1.54, 1.807) is 7.11 Å². The minimum atomic E-state index is 0.165. The highest BCUT2D eigenvalue weighted by Gasteiger charge is 2.05. The Kier molecular flexibility index (Phi) is 5.07.